The monoisotopic (exact) mass is 471 g/mol. The highest BCUT2D eigenvalue weighted by Crippen LogP contribution is 2.50. The van der Waals surface area contributed by atoms with Crippen molar-refractivity contribution >= 4 is 30.4 Å². The second-order valence-electron chi connectivity index (χ2n) is 8.44. The Morgan fingerprint density at radius 3 is 2.53 bits per heavy atom. The highest BCUT2D eigenvalue weighted by molar-refractivity contribution is 7.80. The standard InChI is InChI=1S/C28H29N3O2S/c1-4-31-25-15-12-22(33-3)18-24(25)28(2,19-20-8-6-5-7-9-20)26(31)16-17-29-30-27(32)21-10-13-23(34)14-11-21/h5-18,34H,4,19H2,1-3H3,(H,30,32)/b26-16-,29-17+. The molecule has 0 aliphatic carbocycles. The van der Waals surface area contributed by atoms with Crippen molar-refractivity contribution in [1.29, 1.82) is 0 Å². The van der Waals surface area contributed by atoms with Crippen LogP contribution in [0.3, 0.4) is 0 Å². The van der Waals surface area contributed by atoms with Crippen LogP contribution in [0.15, 0.2) is 94.6 Å². The van der Waals surface area contributed by atoms with E-state index in [0.717, 1.165) is 35.0 Å². The van der Waals surface area contributed by atoms with E-state index in [4.69, 9.17) is 4.74 Å². The zero-order valence-corrected chi connectivity index (χ0v) is 20.5. The second-order valence-corrected chi connectivity index (χ2v) is 8.96. The number of hydrogen-bond acceptors (Lipinski definition) is 5. The molecule has 3 aromatic rings. The van der Waals surface area contributed by atoms with Gasteiger partial charge in [-0.15, -0.1) is 12.6 Å². The van der Waals surface area contributed by atoms with E-state index < -0.39 is 0 Å². The molecule has 0 aromatic heterocycles. The first-order chi connectivity index (χ1) is 16.5. The van der Waals surface area contributed by atoms with Gasteiger partial charge in [0.2, 0.25) is 0 Å². The van der Waals surface area contributed by atoms with E-state index in [2.05, 4.69) is 78.3 Å². The van der Waals surface area contributed by atoms with Crippen molar-refractivity contribution < 1.29 is 9.53 Å². The Labute approximate surface area is 206 Å². The molecule has 0 saturated heterocycles. The number of carbonyl (C=O) groups excluding carboxylic acids is 1. The summed E-state index contributed by atoms with van der Waals surface area (Å²) >= 11 is 4.26. The van der Waals surface area contributed by atoms with E-state index in [1.165, 1.54) is 11.1 Å². The lowest BCUT2D eigenvalue weighted by atomic mass is 9.76. The number of benzene rings is 3. The van der Waals surface area contributed by atoms with Crippen LogP contribution in [0.4, 0.5) is 5.69 Å². The summed E-state index contributed by atoms with van der Waals surface area (Å²) in [5.41, 5.74) is 7.61. The predicted molar refractivity (Wildman–Crippen MR) is 141 cm³/mol. The number of carbonyl (C=O) groups is 1. The van der Waals surface area contributed by atoms with E-state index in [-0.39, 0.29) is 11.3 Å². The molecule has 6 heteroatoms. The van der Waals surface area contributed by atoms with Crippen LogP contribution in [0.25, 0.3) is 0 Å². The highest BCUT2D eigenvalue weighted by Gasteiger charge is 2.43. The van der Waals surface area contributed by atoms with Crippen molar-refractivity contribution in [2.75, 3.05) is 18.6 Å². The van der Waals surface area contributed by atoms with Crippen molar-refractivity contribution in [3.63, 3.8) is 0 Å². The predicted octanol–water partition coefficient (Wildman–Crippen LogP) is 5.62. The van der Waals surface area contributed by atoms with Crippen LogP contribution in [0.5, 0.6) is 5.75 Å². The number of methoxy groups -OCH3 is 1. The maximum atomic E-state index is 12.4. The third kappa shape index (κ3) is 4.73. The summed E-state index contributed by atoms with van der Waals surface area (Å²) in [6, 6.07) is 23.7. The van der Waals surface area contributed by atoms with Gasteiger partial charge in [0.15, 0.2) is 0 Å². The zero-order chi connectivity index (χ0) is 24.1. The summed E-state index contributed by atoms with van der Waals surface area (Å²) in [5.74, 6) is 0.574. The third-order valence-corrected chi connectivity index (χ3v) is 6.56. The van der Waals surface area contributed by atoms with Gasteiger partial charge in [-0.25, -0.2) is 5.43 Å². The number of fused-ring (bicyclic) bond motifs is 1. The number of thiol groups is 1. The summed E-state index contributed by atoms with van der Waals surface area (Å²) in [5, 5.41) is 4.20. The molecule has 174 valence electrons. The van der Waals surface area contributed by atoms with Crippen molar-refractivity contribution in [2.45, 2.75) is 30.6 Å². The number of nitrogens with zero attached hydrogens (tertiary/aromatic N) is 2. The molecular weight excluding hydrogens is 442 g/mol. The lowest BCUT2D eigenvalue weighted by Crippen LogP contribution is -2.30. The van der Waals surface area contributed by atoms with E-state index >= 15 is 0 Å². The van der Waals surface area contributed by atoms with E-state index in [1.54, 1.807) is 37.6 Å². The lowest BCUT2D eigenvalue weighted by molar-refractivity contribution is 0.0955. The van der Waals surface area contributed by atoms with Gasteiger partial charge in [0.1, 0.15) is 5.75 Å². The Morgan fingerprint density at radius 2 is 1.85 bits per heavy atom. The first-order valence-electron chi connectivity index (χ1n) is 11.3. The van der Waals surface area contributed by atoms with Crippen molar-refractivity contribution in [2.24, 2.45) is 5.10 Å². The summed E-state index contributed by atoms with van der Waals surface area (Å²) in [6.07, 6.45) is 4.48. The molecule has 0 saturated carbocycles. The van der Waals surface area contributed by atoms with Gasteiger partial charge in [0, 0.05) is 40.0 Å². The fourth-order valence-electron chi connectivity index (χ4n) is 4.57. The van der Waals surface area contributed by atoms with Crippen LogP contribution in [-0.4, -0.2) is 25.8 Å². The van der Waals surface area contributed by atoms with Crippen LogP contribution in [-0.2, 0) is 11.8 Å². The topological polar surface area (TPSA) is 53.9 Å². The quantitative estimate of drug-likeness (QED) is 0.267. The minimum Gasteiger partial charge on any atom is -0.497 e. The fourth-order valence-corrected chi connectivity index (χ4v) is 4.72. The second kappa shape index (κ2) is 10.2. The molecule has 1 aliphatic rings. The van der Waals surface area contributed by atoms with Gasteiger partial charge in [0.25, 0.3) is 5.91 Å². The zero-order valence-electron chi connectivity index (χ0n) is 19.7. The smallest absolute Gasteiger partial charge is 0.271 e. The molecule has 0 bridgehead atoms. The molecule has 3 aromatic carbocycles. The van der Waals surface area contributed by atoms with E-state index in [0.29, 0.717) is 5.56 Å². The summed E-state index contributed by atoms with van der Waals surface area (Å²) in [6.45, 7) is 5.21. The average Bonchev–Trinajstić information content (AvgIpc) is 3.09. The van der Waals surface area contributed by atoms with E-state index in [9.17, 15) is 4.79 Å². The molecule has 0 radical (unpaired) electrons. The van der Waals surface area contributed by atoms with Crippen LogP contribution in [0, 0.1) is 0 Å². The summed E-state index contributed by atoms with van der Waals surface area (Å²) in [4.78, 5) is 15.5. The Balaban J connectivity index is 1.66. The molecule has 1 aliphatic heterocycles. The van der Waals surface area contributed by atoms with Crippen LogP contribution in [0.1, 0.15) is 35.3 Å². The number of hydrazone groups is 1. The van der Waals surface area contributed by atoms with E-state index in [1.807, 2.05) is 18.2 Å². The van der Waals surface area contributed by atoms with Gasteiger partial charge in [-0.1, -0.05) is 30.3 Å². The van der Waals surface area contributed by atoms with Gasteiger partial charge in [-0.05, 0) is 79.9 Å². The SMILES string of the molecule is CCN1/C(=C\C=N\NC(=O)c2ccc(S)cc2)C(C)(Cc2ccccc2)c2cc(OC)ccc21. The van der Waals surface area contributed by atoms with Crippen LogP contribution >= 0.6 is 12.6 Å². The minimum absolute atomic E-state index is 0.262. The number of rotatable bonds is 7. The number of nitrogens with one attached hydrogen (secondary N) is 1. The lowest BCUT2D eigenvalue weighted by Gasteiger charge is -2.30. The molecule has 0 fully saturated rings. The number of hydrogen-bond donors (Lipinski definition) is 2. The van der Waals surface area contributed by atoms with Crippen LogP contribution in [0.2, 0.25) is 0 Å². The van der Waals surface area contributed by atoms with Crippen molar-refractivity contribution in [3.8, 4) is 5.75 Å². The molecule has 1 atom stereocenters. The number of ether oxygens (including phenoxy) is 1. The third-order valence-electron chi connectivity index (χ3n) is 6.26. The number of allylic oxidation sites excluding steroid dienone is 2. The molecule has 4 rings (SSSR count). The molecule has 1 amide bonds. The molecule has 0 spiro atoms. The van der Waals surface area contributed by atoms with Gasteiger partial charge < -0.3 is 9.64 Å². The van der Waals surface area contributed by atoms with Crippen LogP contribution < -0.4 is 15.1 Å². The maximum Gasteiger partial charge on any atom is 0.271 e. The minimum atomic E-state index is -0.292. The highest BCUT2D eigenvalue weighted by atomic mass is 32.1. The average molecular weight is 472 g/mol. The van der Waals surface area contributed by atoms with Gasteiger partial charge in [0.05, 0.1) is 7.11 Å². The van der Waals surface area contributed by atoms with Gasteiger partial charge in [-0.3, -0.25) is 4.79 Å². The summed E-state index contributed by atoms with van der Waals surface area (Å²) in [7, 11) is 1.69. The molecule has 1 unspecified atom stereocenters. The number of amides is 1. The largest absolute Gasteiger partial charge is 0.497 e. The fraction of sp³-hybridized carbons (Fsp3) is 0.214. The first-order valence-corrected chi connectivity index (χ1v) is 11.7. The maximum absolute atomic E-state index is 12.4. The normalized spacial score (nSPS) is 18.4. The molecule has 1 N–H and O–H groups in total. The Morgan fingerprint density at radius 1 is 1.12 bits per heavy atom. The van der Waals surface area contributed by atoms with Crippen molar-refractivity contribution in [1.82, 2.24) is 5.43 Å². The molecule has 1 heterocycles. The molecule has 34 heavy (non-hydrogen) atoms. The molecular formula is C28H29N3O2S. The Hall–Kier alpha value is -3.51. The number of likely N-dealkylation sites (N-methyl/N-ethyl adjacent to an activating group) is 1. The first kappa shape index (κ1) is 23.6. The number of anilines is 1. The summed E-state index contributed by atoms with van der Waals surface area (Å²) < 4.78 is 5.54. The van der Waals surface area contributed by atoms with Gasteiger partial charge >= 0.3 is 0 Å². The Bertz CT molecular complexity index is 1220. The molecule has 5 nitrogen and oxygen atoms in total. The van der Waals surface area contributed by atoms with Crippen molar-refractivity contribution in [3.05, 3.63) is 101 Å². The van der Waals surface area contributed by atoms with Gasteiger partial charge in [-0.2, -0.15) is 5.10 Å². The Kier molecular flexibility index (Phi) is 7.08.